The molecule has 4 heteroatoms. The Bertz CT molecular complexity index is 680. The largest absolute Gasteiger partial charge is 0.394 e. The number of carbonyl (C=O) groups is 1. The average molecular weight is 706 g/mol. The van der Waals surface area contributed by atoms with Gasteiger partial charge in [-0.1, -0.05) is 225 Å². The number of nitrogens with one attached hydrogen (secondary N) is 1. The number of carbonyl (C=O) groups excluding carboxylic acids is 1. The Kier molecular flexibility index (Phi) is 41.8. The van der Waals surface area contributed by atoms with Gasteiger partial charge in [-0.25, -0.2) is 0 Å². The molecule has 0 aliphatic rings. The molecular formula is C46H91NO3. The zero-order valence-corrected chi connectivity index (χ0v) is 34.2. The van der Waals surface area contributed by atoms with Crippen LogP contribution in [0.5, 0.6) is 0 Å². The molecule has 0 saturated carbocycles. The maximum Gasteiger partial charge on any atom is 0.220 e. The highest BCUT2D eigenvalue weighted by Gasteiger charge is 2.20. The molecule has 0 fully saturated rings. The first-order valence-corrected chi connectivity index (χ1v) is 22.9. The van der Waals surface area contributed by atoms with Crippen molar-refractivity contribution < 1.29 is 15.0 Å². The van der Waals surface area contributed by atoms with Crippen LogP contribution < -0.4 is 5.32 Å². The van der Waals surface area contributed by atoms with Crippen molar-refractivity contribution in [3.05, 3.63) is 12.2 Å². The molecular weight excluding hydrogens is 615 g/mol. The molecule has 0 aliphatic carbocycles. The zero-order chi connectivity index (χ0) is 36.4. The summed E-state index contributed by atoms with van der Waals surface area (Å²) in [7, 11) is 0. The van der Waals surface area contributed by atoms with Gasteiger partial charge in [0, 0.05) is 6.42 Å². The maximum absolute atomic E-state index is 12.4. The molecule has 2 unspecified atom stereocenters. The van der Waals surface area contributed by atoms with Gasteiger partial charge in [-0.15, -0.1) is 0 Å². The van der Waals surface area contributed by atoms with E-state index in [1.54, 1.807) is 0 Å². The molecule has 50 heavy (non-hydrogen) atoms. The van der Waals surface area contributed by atoms with E-state index < -0.39 is 12.1 Å². The average Bonchev–Trinajstić information content (AvgIpc) is 3.12. The highest BCUT2D eigenvalue weighted by atomic mass is 16.3. The summed E-state index contributed by atoms with van der Waals surface area (Å²) in [6.45, 7) is 4.37. The molecule has 0 radical (unpaired) electrons. The van der Waals surface area contributed by atoms with Gasteiger partial charge in [0.1, 0.15) is 0 Å². The molecule has 0 aromatic carbocycles. The fourth-order valence-electron chi connectivity index (χ4n) is 7.24. The molecule has 4 nitrogen and oxygen atoms in total. The molecule has 1 amide bonds. The van der Waals surface area contributed by atoms with Gasteiger partial charge in [-0.05, 0) is 38.5 Å². The van der Waals surface area contributed by atoms with Crippen molar-refractivity contribution in [2.45, 2.75) is 270 Å². The quantitative estimate of drug-likeness (QED) is 0.0437. The third-order valence-electron chi connectivity index (χ3n) is 10.8. The lowest BCUT2D eigenvalue weighted by molar-refractivity contribution is -0.123. The van der Waals surface area contributed by atoms with E-state index in [9.17, 15) is 15.0 Å². The van der Waals surface area contributed by atoms with Crippen LogP contribution in [0.15, 0.2) is 12.2 Å². The van der Waals surface area contributed by atoms with Gasteiger partial charge >= 0.3 is 0 Å². The molecule has 298 valence electrons. The van der Waals surface area contributed by atoms with Gasteiger partial charge in [-0.2, -0.15) is 0 Å². The van der Waals surface area contributed by atoms with Crippen LogP contribution in [0.4, 0.5) is 0 Å². The number of hydrogen-bond donors (Lipinski definition) is 3. The van der Waals surface area contributed by atoms with Crippen molar-refractivity contribution in [2.75, 3.05) is 6.61 Å². The number of allylic oxidation sites excluding steroid dienone is 2. The summed E-state index contributed by atoms with van der Waals surface area (Å²) in [5, 5.41) is 23.2. The van der Waals surface area contributed by atoms with E-state index >= 15 is 0 Å². The Hall–Kier alpha value is -0.870. The Morgan fingerprint density at radius 2 is 0.760 bits per heavy atom. The zero-order valence-electron chi connectivity index (χ0n) is 34.2. The third-order valence-corrected chi connectivity index (χ3v) is 10.8. The summed E-state index contributed by atoms with van der Waals surface area (Å²) >= 11 is 0. The van der Waals surface area contributed by atoms with E-state index in [0.717, 1.165) is 25.7 Å². The van der Waals surface area contributed by atoms with Crippen LogP contribution >= 0.6 is 0 Å². The van der Waals surface area contributed by atoms with Crippen molar-refractivity contribution in [3.63, 3.8) is 0 Å². The van der Waals surface area contributed by atoms with Crippen LogP contribution in [0, 0.1) is 0 Å². The summed E-state index contributed by atoms with van der Waals surface area (Å²) in [4.78, 5) is 12.4. The first kappa shape index (κ1) is 49.1. The van der Waals surface area contributed by atoms with Gasteiger partial charge in [0.15, 0.2) is 0 Å². The molecule has 0 bridgehead atoms. The summed E-state index contributed by atoms with van der Waals surface area (Å²) < 4.78 is 0. The van der Waals surface area contributed by atoms with Crippen molar-refractivity contribution in [2.24, 2.45) is 0 Å². The smallest absolute Gasteiger partial charge is 0.220 e. The number of hydrogen-bond acceptors (Lipinski definition) is 3. The van der Waals surface area contributed by atoms with Crippen molar-refractivity contribution >= 4 is 5.91 Å². The fraction of sp³-hybridized carbons (Fsp3) is 0.935. The second-order valence-corrected chi connectivity index (χ2v) is 15.8. The molecule has 0 aromatic heterocycles. The van der Waals surface area contributed by atoms with Crippen LogP contribution in [0.25, 0.3) is 0 Å². The van der Waals surface area contributed by atoms with Crippen LogP contribution in [-0.4, -0.2) is 34.9 Å². The Morgan fingerprint density at radius 3 is 1.10 bits per heavy atom. The Labute approximate surface area is 314 Å². The van der Waals surface area contributed by atoms with Crippen LogP contribution in [-0.2, 0) is 4.79 Å². The lowest BCUT2D eigenvalue weighted by Crippen LogP contribution is -2.45. The topological polar surface area (TPSA) is 69.6 Å². The third kappa shape index (κ3) is 38.4. The summed E-state index contributed by atoms with van der Waals surface area (Å²) in [5.74, 6) is -0.0325. The molecule has 2 atom stereocenters. The van der Waals surface area contributed by atoms with E-state index in [4.69, 9.17) is 0 Å². The highest BCUT2D eigenvalue weighted by Crippen LogP contribution is 2.16. The number of aliphatic hydroxyl groups is 2. The first-order valence-electron chi connectivity index (χ1n) is 22.9. The van der Waals surface area contributed by atoms with Gasteiger partial charge in [0.25, 0.3) is 0 Å². The minimum Gasteiger partial charge on any atom is -0.394 e. The predicted molar refractivity (Wildman–Crippen MR) is 221 cm³/mol. The van der Waals surface area contributed by atoms with Crippen molar-refractivity contribution in [3.8, 4) is 0 Å². The van der Waals surface area contributed by atoms with Crippen LogP contribution in [0.1, 0.15) is 258 Å². The van der Waals surface area contributed by atoms with E-state index in [-0.39, 0.29) is 12.5 Å². The monoisotopic (exact) mass is 706 g/mol. The lowest BCUT2D eigenvalue weighted by Gasteiger charge is -2.22. The van der Waals surface area contributed by atoms with E-state index in [2.05, 4.69) is 31.3 Å². The summed E-state index contributed by atoms with van der Waals surface area (Å²) in [6.07, 6.45) is 52.9. The minimum absolute atomic E-state index is 0.0325. The highest BCUT2D eigenvalue weighted by molar-refractivity contribution is 5.76. The maximum atomic E-state index is 12.4. The van der Waals surface area contributed by atoms with E-state index in [1.165, 1.54) is 205 Å². The standard InChI is InChI=1S/C46H91NO3/c1-3-5-7-9-11-13-15-17-19-21-23-24-25-27-29-31-33-35-37-39-41-45(49)44(43-48)47-46(50)42-40-38-36-34-32-30-28-26-22-20-18-16-14-12-10-8-6-4-2/h20,22,44-45,48-49H,3-19,21,23-43H2,1-2H3,(H,47,50)/b22-20-. The predicted octanol–water partition coefficient (Wildman–Crippen LogP) is 14.2. The van der Waals surface area contributed by atoms with Crippen molar-refractivity contribution in [1.29, 1.82) is 0 Å². The van der Waals surface area contributed by atoms with Gasteiger partial charge in [0.2, 0.25) is 5.91 Å². The van der Waals surface area contributed by atoms with Gasteiger partial charge in [0.05, 0.1) is 18.8 Å². The van der Waals surface area contributed by atoms with Gasteiger partial charge in [-0.3, -0.25) is 4.79 Å². The van der Waals surface area contributed by atoms with E-state index in [1.807, 2.05) is 0 Å². The molecule has 0 aliphatic heterocycles. The van der Waals surface area contributed by atoms with E-state index in [0.29, 0.717) is 12.8 Å². The normalized spacial score (nSPS) is 13.0. The second-order valence-electron chi connectivity index (χ2n) is 15.8. The molecule has 0 saturated heterocycles. The molecule has 3 N–H and O–H groups in total. The molecule has 0 rings (SSSR count). The molecule has 0 heterocycles. The summed E-state index contributed by atoms with van der Waals surface area (Å²) in [6, 6.07) is -0.535. The van der Waals surface area contributed by atoms with Crippen molar-refractivity contribution in [1.82, 2.24) is 5.32 Å². The molecule has 0 spiro atoms. The number of amides is 1. The molecule has 0 aromatic rings. The Morgan fingerprint density at radius 1 is 0.460 bits per heavy atom. The fourth-order valence-corrected chi connectivity index (χ4v) is 7.24. The van der Waals surface area contributed by atoms with Crippen LogP contribution in [0.2, 0.25) is 0 Å². The second kappa shape index (κ2) is 42.5. The number of aliphatic hydroxyl groups excluding tert-OH is 2. The summed E-state index contributed by atoms with van der Waals surface area (Å²) in [5.41, 5.74) is 0. The van der Waals surface area contributed by atoms with Crippen LogP contribution in [0.3, 0.4) is 0 Å². The first-order chi connectivity index (χ1) is 24.7. The number of unbranched alkanes of at least 4 members (excludes halogenated alkanes) is 33. The SMILES string of the molecule is CCCCCCCCC/C=C\CCCCCCCCCC(=O)NC(CO)C(O)CCCCCCCCCCCCCCCCCCCCCC. The lowest BCUT2D eigenvalue weighted by atomic mass is 10.0. The Balaban J connectivity index is 3.49. The number of rotatable bonds is 42. The minimum atomic E-state index is -0.658. The van der Waals surface area contributed by atoms with Gasteiger partial charge < -0.3 is 15.5 Å².